The van der Waals surface area contributed by atoms with Gasteiger partial charge in [-0.05, 0) is 6.92 Å². The van der Waals surface area contributed by atoms with Crippen molar-refractivity contribution in [2.24, 2.45) is 11.8 Å². The van der Waals surface area contributed by atoms with Crippen molar-refractivity contribution in [3.8, 4) is 6.07 Å². The molecule has 0 bridgehead atoms. The van der Waals surface area contributed by atoms with Gasteiger partial charge in [0.25, 0.3) is 0 Å². The first-order valence-electron chi connectivity index (χ1n) is 3.55. The quantitative estimate of drug-likeness (QED) is 0.597. The molecule has 2 heteroatoms. The molecule has 0 radical (unpaired) electrons. The lowest BCUT2D eigenvalue weighted by molar-refractivity contribution is -0.122. The molecule has 0 aromatic rings. The van der Waals surface area contributed by atoms with E-state index >= 15 is 0 Å². The molecule has 0 heterocycles. The van der Waals surface area contributed by atoms with Crippen LogP contribution in [0.5, 0.6) is 0 Å². The summed E-state index contributed by atoms with van der Waals surface area (Å²) < 4.78 is 0. The normalized spacial score (nSPS) is 15.4. The first-order valence-corrected chi connectivity index (χ1v) is 3.55. The van der Waals surface area contributed by atoms with Gasteiger partial charge in [-0.15, -0.1) is 0 Å². The summed E-state index contributed by atoms with van der Waals surface area (Å²) in [4.78, 5) is 11.0. The highest BCUT2D eigenvalue weighted by Crippen LogP contribution is 2.11. The zero-order valence-corrected chi connectivity index (χ0v) is 6.72. The van der Waals surface area contributed by atoms with Crippen LogP contribution in [0.1, 0.15) is 27.2 Å². The van der Waals surface area contributed by atoms with Crippen molar-refractivity contribution in [2.75, 3.05) is 0 Å². The van der Waals surface area contributed by atoms with Crippen molar-refractivity contribution in [2.45, 2.75) is 27.2 Å². The maximum atomic E-state index is 11.0. The van der Waals surface area contributed by atoms with Gasteiger partial charge in [0, 0.05) is 12.3 Å². The van der Waals surface area contributed by atoms with Crippen LogP contribution in [0.4, 0.5) is 0 Å². The van der Waals surface area contributed by atoms with Crippen LogP contribution in [-0.4, -0.2) is 5.78 Å². The van der Waals surface area contributed by atoms with Gasteiger partial charge in [0.15, 0.2) is 0 Å². The van der Waals surface area contributed by atoms with E-state index in [2.05, 4.69) is 6.07 Å². The summed E-state index contributed by atoms with van der Waals surface area (Å²) in [5.74, 6) is -0.0727. The van der Waals surface area contributed by atoms with Gasteiger partial charge in [0.05, 0.1) is 12.0 Å². The topological polar surface area (TPSA) is 40.9 Å². The smallest absolute Gasteiger partial charge is 0.136 e. The van der Waals surface area contributed by atoms with Crippen molar-refractivity contribution in [1.29, 1.82) is 5.26 Å². The summed E-state index contributed by atoms with van der Waals surface area (Å²) in [5, 5.41) is 8.45. The molecule has 0 aromatic carbocycles. The van der Waals surface area contributed by atoms with Gasteiger partial charge in [-0.1, -0.05) is 13.8 Å². The van der Waals surface area contributed by atoms with Gasteiger partial charge in [0.2, 0.25) is 0 Å². The van der Waals surface area contributed by atoms with E-state index in [-0.39, 0.29) is 17.6 Å². The summed E-state index contributed by atoms with van der Waals surface area (Å²) >= 11 is 0. The van der Waals surface area contributed by atoms with E-state index in [4.69, 9.17) is 5.26 Å². The lowest BCUT2D eigenvalue weighted by Crippen LogP contribution is -2.16. The third-order valence-electron chi connectivity index (χ3n) is 1.81. The van der Waals surface area contributed by atoms with E-state index in [1.54, 1.807) is 13.8 Å². The zero-order chi connectivity index (χ0) is 8.15. The first kappa shape index (κ1) is 9.16. The van der Waals surface area contributed by atoms with Crippen molar-refractivity contribution in [1.82, 2.24) is 0 Å². The summed E-state index contributed by atoms with van der Waals surface area (Å²) in [5.41, 5.74) is 0. The van der Waals surface area contributed by atoms with Crippen molar-refractivity contribution < 1.29 is 4.79 Å². The minimum Gasteiger partial charge on any atom is -0.299 e. The number of hydrogen-bond acceptors (Lipinski definition) is 2. The molecule has 0 fully saturated rings. The maximum absolute atomic E-state index is 11.0. The molecule has 0 amide bonds. The number of hydrogen-bond donors (Lipinski definition) is 0. The van der Waals surface area contributed by atoms with E-state index in [0.29, 0.717) is 6.42 Å². The Hall–Kier alpha value is -0.840. The number of ketones is 1. The Morgan fingerprint density at radius 3 is 2.40 bits per heavy atom. The Bertz CT molecular complexity index is 157. The molecule has 0 spiro atoms. The second kappa shape index (κ2) is 4.05. The Balaban J connectivity index is 3.97. The fraction of sp³-hybridized carbons (Fsp3) is 0.750. The van der Waals surface area contributed by atoms with Crippen molar-refractivity contribution in [3.05, 3.63) is 0 Å². The van der Waals surface area contributed by atoms with Crippen molar-refractivity contribution >= 4 is 5.78 Å². The Morgan fingerprint density at radius 1 is 1.60 bits per heavy atom. The van der Waals surface area contributed by atoms with E-state index in [1.165, 1.54) is 0 Å². The summed E-state index contributed by atoms with van der Waals surface area (Å²) in [6.07, 6.45) is 0.535. The number of carbonyl (C=O) groups excluding carboxylic acids is 1. The average molecular weight is 139 g/mol. The second-order valence-electron chi connectivity index (χ2n) is 2.53. The Kier molecular flexibility index (Phi) is 3.71. The monoisotopic (exact) mass is 139 g/mol. The maximum Gasteiger partial charge on any atom is 0.136 e. The summed E-state index contributed by atoms with van der Waals surface area (Å²) in [6.45, 7) is 5.40. The van der Waals surface area contributed by atoms with Gasteiger partial charge < -0.3 is 0 Å². The molecular formula is C8H13NO. The molecule has 2 atom stereocenters. The Morgan fingerprint density at radius 2 is 2.10 bits per heavy atom. The SMILES string of the molecule is CCC(=O)C(C)C(C)C#N. The summed E-state index contributed by atoms with van der Waals surface area (Å²) in [6, 6.07) is 2.06. The second-order valence-corrected chi connectivity index (χ2v) is 2.53. The molecule has 0 rings (SSSR count). The highest BCUT2D eigenvalue weighted by atomic mass is 16.1. The largest absolute Gasteiger partial charge is 0.299 e. The average Bonchev–Trinajstić information content (AvgIpc) is 2.00. The van der Waals surface area contributed by atoms with Gasteiger partial charge >= 0.3 is 0 Å². The Labute approximate surface area is 61.8 Å². The van der Waals surface area contributed by atoms with Crippen LogP contribution < -0.4 is 0 Å². The van der Waals surface area contributed by atoms with Gasteiger partial charge in [-0.25, -0.2) is 0 Å². The fourth-order valence-electron chi connectivity index (χ4n) is 0.713. The molecule has 0 aliphatic rings. The molecule has 0 aliphatic heterocycles. The van der Waals surface area contributed by atoms with Crippen LogP contribution in [0.25, 0.3) is 0 Å². The molecule has 0 saturated heterocycles. The van der Waals surface area contributed by atoms with Crippen LogP contribution in [-0.2, 0) is 4.79 Å². The third-order valence-corrected chi connectivity index (χ3v) is 1.81. The van der Waals surface area contributed by atoms with Gasteiger partial charge in [0.1, 0.15) is 5.78 Å². The number of nitriles is 1. The van der Waals surface area contributed by atoms with Crippen LogP contribution in [0.2, 0.25) is 0 Å². The lowest BCUT2D eigenvalue weighted by Gasteiger charge is -2.09. The van der Waals surface area contributed by atoms with E-state index < -0.39 is 0 Å². The van der Waals surface area contributed by atoms with Crippen LogP contribution in [0, 0.1) is 23.2 Å². The number of Topliss-reactive ketones (excluding diaryl/α,β-unsaturated/α-hetero) is 1. The molecular weight excluding hydrogens is 126 g/mol. The fourth-order valence-corrected chi connectivity index (χ4v) is 0.713. The summed E-state index contributed by atoms with van der Waals surface area (Å²) in [7, 11) is 0. The number of carbonyl (C=O) groups is 1. The molecule has 2 nitrogen and oxygen atoms in total. The number of nitrogens with zero attached hydrogens (tertiary/aromatic N) is 1. The van der Waals surface area contributed by atoms with Gasteiger partial charge in [-0.3, -0.25) is 4.79 Å². The lowest BCUT2D eigenvalue weighted by atomic mass is 9.92. The van der Waals surface area contributed by atoms with E-state index in [9.17, 15) is 4.79 Å². The molecule has 0 N–H and O–H groups in total. The van der Waals surface area contributed by atoms with Gasteiger partial charge in [-0.2, -0.15) is 5.26 Å². The standard InChI is InChI=1S/C8H13NO/c1-4-8(10)7(3)6(2)5-9/h6-7H,4H2,1-3H3. The number of rotatable bonds is 3. The predicted molar refractivity (Wildman–Crippen MR) is 39.2 cm³/mol. The molecule has 0 saturated carbocycles. The molecule has 2 unspecified atom stereocenters. The molecule has 0 aliphatic carbocycles. The van der Waals surface area contributed by atoms with E-state index in [0.717, 1.165) is 0 Å². The molecule has 56 valence electrons. The van der Waals surface area contributed by atoms with Crippen LogP contribution in [0.3, 0.4) is 0 Å². The van der Waals surface area contributed by atoms with E-state index in [1.807, 2.05) is 6.92 Å². The highest BCUT2D eigenvalue weighted by Gasteiger charge is 2.17. The predicted octanol–water partition coefficient (Wildman–Crippen LogP) is 1.76. The zero-order valence-electron chi connectivity index (χ0n) is 6.72. The van der Waals surface area contributed by atoms with Crippen LogP contribution in [0.15, 0.2) is 0 Å². The minimum absolute atomic E-state index is 0.102. The third kappa shape index (κ3) is 2.18. The molecule has 10 heavy (non-hydrogen) atoms. The minimum atomic E-state index is -0.146. The van der Waals surface area contributed by atoms with Crippen molar-refractivity contribution in [3.63, 3.8) is 0 Å². The highest BCUT2D eigenvalue weighted by molar-refractivity contribution is 5.80. The first-order chi connectivity index (χ1) is 4.63. The van der Waals surface area contributed by atoms with Crippen LogP contribution >= 0.6 is 0 Å². The molecule has 0 aromatic heterocycles.